The largest absolute Gasteiger partial charge is 0.465 e. The smallest absolute Gasteiger partial charge is 0.337 e. The Labute approximate surface area is 128 Å². The molecule has 0 bridgehead atoms. The van der Waals surface area contributed by atoms with Crippen LogP contribution in [0.4, 0.5) is 5.69 Å². The first kappa shape index (κ1) is 17.6. The Hall–Kier alpha value is -2.41. The second-order valence-corrected chi connectivity index (χ2v) is 4.92. The number of anilines is 1. The van der Waals surface area contributed by atoms with Gasteiger partial charge in [-0.3, -0.25) is 4.79 Å². The maximum Gasteiger partial charge on any atom is 0.337 e. The summed E-state index contributed by atoms with van der Waals surface area (Å²) in [7, 11) is 2.45. The number of methoxy groups -OCH3 is 2. The summed E-state index contributed by atoms with van der Waals surface area (Å²) in [6, 6.07) is 3.85. The molecule has 0 fully saturated rings. The van der Waals surface area contributed by atoms with E-state index in [0.717, 1.165) is 0 Å². The van der Waals surface area contributed by atoms with Gasteiger partial charge in [-0.25, -0.2) is 9.59 Å². The zero-order valence-corrected chi connectivity index (χ0v) is 13.0. The van der Waals surface area contributed by atoms with Crippen LogP contribution in [0.15, 0.2) is 18.2 Å². The lowest BCUT2D eigenvalue weighted by Crippen LogP contribution is -2.34. The van der Waals surface area contributed by atoms with Gasteiger partial charge in [0.15, 0.2) is 0 Å². The zero-order chi connectivity index (χ0) is 16.9. The Morgan fingerprint density at radius 1 is 1.00 bits per heavy atom. The maximum atomic E-state index is 12.0. The van der Waals surface area contributed by atoms with Crippen LogP contribution in [0, 0.1) is 5.92 Å². The van der Waals surface area contributed by atoms with Crippen molar-refractivity contribution in [2.45, 2.75) is 19.9 Å². The number of hydrogen-bond acceptors (Lipinski definition) is 6. The highest BCUT2D eigenvalue weighted by Gasteiger charge is 2.19. The van der Waals surface area contributed by atoms with Gasteiger partial charge in [-0.05, 0) is 25.1 Å². The van der Waals surface area contributed by atoms with Crippen molar-refractivity contribution in [1.82, 2.24) is 0 Å². The SMILES string of the molecule is COC(=O)c1cc(NC(=O)C(C)C(C)N)cc(C(=O)OC)c1. The Morgan fingerprint density at radius 2 is 1.45 bits per heavy atom. The van der Waals surface area contributed by atoms with E-state index in [1.165, 1.54) is 32.4 Å². The van der Waals surface area contributed by atoms with Crippen LogP contribution < -0.4 is 11.1 Å². The molecule has 0 aliphatic heterocycles. The van der Waals surface area contributed by atoms with Crippen molar-refractivity contribution in [2.24, 2.45) is 11.7 Å². The van der Waals surface area contributed by atoms with E-state index < -0.39 is 17.9 Å². The van der Waals surface area contributed by atoms with Gasteiger partial charge in [0.25, 0.3) is 0 Å². The molecule has 1 aromatic rings. The molecule has 0 spiro atoms. The third-order valence-electron chi connectivity index (χ3n) is 3.24. The van der Waals surface area contributed by atoms with E-state index in [1.54, 1.807) is 13.8 Å². The van der Waals surface area contributed by atoms with Crippen molar-refractivity contribution in [3.63, 3.8) is 0 Å². The average Bonchev–Trinajstić information content (AvgIpc) is 2.51. The van der Waals surface area contributed by atoms with E-state index in [-0.39, 0.29) is 23.1 Å². The fourth-order valence-corrected chi connectivity index (χ4v) is 1.67. The standard InChI is InChI=1S/C15H20N2O5/c1-8(9(2)16)13(18)17-12-6-10(14(19)21-3)5-11(7-12)15(20)22-4/h5-9H,16H2,1-4H3,(H,17,18). The van der Waals surface area contributed by atoms with Crippen LogP contribution in [0.2, 0.25) is 0 Å². The van der Waals surface area contributed by atoms with Crippen LogP contribution in [0.1, 0.15) is 34.6 Å². The lowest BCUT2D eigenvalue weighted by molar-refractivity contribution is -0.119. The van der Waals surface area contributed by atoms with Crippen LogP contribution in [0.25, 0.3) is 0 Å². The molecule has 2 atom stereocenters. The van der Waals surface area contributed by atoms with Gasteiger partial charge in [-0.15, -0.1) is 0 Å². The van der Waals surface area contributed by atoms with E-state index >= 15 is 0 Å². The number of rotatable bonds is 5. The molecule has 1 aromatic carbocycles. The van der Waals surface area contributed by atoms with Gasteiger partial charge in [0.1, 0.15) is 0 Å². The van der Waals surface area contributed by atoms with Crippen molar-refractivity contribution in [2.75, 3.05) is 19.5 Å². The highest BCUT2D eigenvalue weighted by Crippen LogP contribution is 2.18. The number of amides is 1. The van der Waals surface area contributed by atoms with Crippen LogP contribution in [-0.4, -0.2) is 38.1 Å². The highest BCUT2D eigenvalue weighted by atomic mass is 16.5. The Kier molecular flexibility index (Phi) is 6.06. The first-order chi connectivity index (χ1) is 10.3. The number of benzene rings is 1. The van der Waals surface area contributed by atoms with E-state index in [0.29, 0.717) is 5.69 Å². The summed E-state index contributed by atoms with van der Waals surface area (Å²) < 4.78 is 9.25. The molecule has 120 valence electrons. The Bertz CT molecular complexity index is 549. The zero-order valence-electron chi connectivity index (χ0n) is 13.0. The van der Waals surface area contributed by atoms with Crippen molar-refractivity contribution in [3.05, 3.63) is 29.3 Å². The summed E-state index contributed by atoms with van der Waals surface area (Å²) in [4.78, 5) is 35.3. The molecule has 0 aliphatic carbocycles. The second kappa shape index (κ2) is 7.56. The van der Waals surface area contributed by atoms with Gasteiger partial charge < -0.3 is 20.5 Å². The Morgan fingerprint density at radius 3 is 1.82 bits per heavy atom. The average molecular weight is 308 g/mol. The van der Waals surface area contributed by atoms with Gasteiger partial charge in [-0.2, -0.15) is 0 Å². The van der Waals surface area contributed by atoms with Gasteiger partial charge in [0, 0.05) is 11.7 Å². The van der Waals surface area contributed by atoms with Crippen molar-refractivity contribution >= 4 is 23.5 Å². The van der Waals surface area contributed by atoms with Gasteiger partial charge in [-0.1, -0.05) is 6.92 Å². The van der Waals surface area contributed by atoms with E-state index in [4.69, 9.17) is 5.73 Å². The summed E-state index contributed by atoms with van der Waals surface area (Å²) in [5, 5.41) is 2.63. The predicted octanol–water partition coefficient (Wildman–Crippen LogP) is 1.18. The van der Waals surface area contributed by atoms with Gasteiger partial charge in [0.2, 0.25) is 5.91 Å². The molecule has 7 nitrogen and oxygen atoms in total. The van der Waals surface area contributed by atoms with Crippen LogP contribution >= 0.6 is 0 Å². The summed E-state index contributed by atoms with van der Waals surface area (Å²) in [5.41, 5.74) is 6.24. The van der Waals surface area contributed by atoms with Crippen molar-refractivity contribution in [1.29, 1.82) is 0 Å². The molecule has 1 rings (SSSR count). The minimum Gasteiger partial charge on any atom is -0.465 e. The highest BCUT2D eigenvalue weighted by molar-refractivity contribution is 5.99. The van der Waals surface area contributed by atoms with Crippen LogP contribution in [0.5, 0.6) is 0 Å². The van der Waals surface area contributed by atoms with E-state index in [2.05, 4.69) is 14.8 Å². The first-order valence-corrected chi connectivity index (χ1v) is 6.68. The summed E-state index contributed by atoms with van der Waals surface area (Å²) >= 11 is 0. The quantitative estimate of drug-likeness (QED) is 0.791. The molecule has 2 unspecified atom stereocenters. The molecule has 1 amide bonds. The molecule has 0 saturated heterocycles. The molecule has 22 heavy (non-hydrogen) atoms. The fraction of sp³-hybridized carbons (Fsp3) is 0.400. The predicted molar refractivity (Wildman–Crippen MR) is 80.6 cm³/mol. The number of esters is 2. The third-order valence-corrected chi connectivity index (χ3v) is 3.24. The fourth-order valence-electron chi connectivity index (χ4n) is 1.67. The molecule has 0 heterocycles. The lowest BCUT2D eigenvalue weighted by Gasteiger charge is -2.16. The number of ether oxygens (including phenoxy) is 2. The molecule has 0 radical (unpaired) electrons. The molecule has 0 aliphatic rings. The topological polar surface area (TPSA) is 108 Å². The molecular weight excluding hydrogens is 288 g/mol. The normalized spacial score (nSPS) is 13.0. The first-order valence-electron chi connectivity index (χ1n) is 6.68. The van der Waals surface area contributed by atoms with E-state index in [9.17, 15) is 14.4 Å². The molecule has 3 N–H and O–H groups in total. The Balaban J connectivity index is 3.15. The number of hydrogen-bond donors (Lipinski definition) is 2. The minimum absolute atomic E-state index is 0.133. The van der Waals surface area contributed by atoms with Crippen LogP contribution in [-0.2, 0) is 14.3 Å². The maximum absolute atomic E-state index is 12.0. The van der Waals surface area contributed by atoms with Gasteiger partial charge in [0.05, 0.1) is 31.3 Å². The van der Waals surface area contributed by atoms with Crippen molar-refractivity contribution < 1.29 is 23.9 Å². The molecule has 0 saturated carbocycles. The molecular formula is C15H20N2O5. The van der Waals surface area contributed by atoms with E-state index in [1.807, 2.05) is 0 Å². The minimum atomic E-state index is -0.624. The van der Waals surface area contributed by atoms with Crippen molar-refractivity contribution in [3.8, 4) is 0 Å². The molecule has 0 aromatic heterocycles. The number of carbonyl (C=O) groups excluding carboxylic acids is 3. The molecule has 7 heteroatoms. The number of carbonyl (C=O) groups is 3. The summed E-state index contributed by atoms with van der Waals surface area (Å²) in [6.45, 7) is 3.40. The monoisotopic (exact) mass is 308 g/mol. The third kappa shape index (κ3) is 4.29. The summed E-state index contributed by atoms with van der Waals surface area (Å²) in [5.74, 6) is -1.99. The lowest BCUT2D eigenvalue weighted by atomic mass is 10.0. The second-order valence-electron chi connectivity index (χ2n) is 4.92. The summed E-state index contributed by atoms with van der Waals surface area (Å²) in [6.07, 6.45) is 0. The number of nitrogens with one attached hydrogen (secondary N) is 1. The van der Waals surface area contributed by atoms with Crippen LogP contribution in [0.3, 0.4) is 0 Å². The van der Waals surface area contributed by atoms with Gasteiger partial charge >= 0.3 is 11.9 Å². The number of nitrogens with two attached hydrogens (primary N) is 1.